The fourth-order valence-electron chi connectivity index (χ4n) is 2.04. The fraction of sp³-hybridized carbons (Fsp3) is 0.385. The molecule has 1 aliphatic rings. The molecule has 1 aromatic carbocycles. The molecular formula is C13H17N3O2. The van der Waals surface area contributed by atoms with Crippen molar-refractivity contribution in [2.75, 3.05) is 24.1 Å². The topological polar surface area (TPSA) is 75.4 Å². The van der Waals surface area contributed by atoms with Crippen molar-refractivity contribution < 1.29 is 9.59 Å². The molecule has 0 radical (unpaired) electrons. The Hall–Kier alpha value is -2.04. The van der Waals surface area contributed by atoms with Crippen LogP contribution in [-0.2, 0) is 4.79 Å². The number of nitrogens with two attached hydrogens (primary N) is 1. The molecule has 0 aliphatic carbocycles. The summed E-state index contributed by atoms with van der Waals surface area (Å²) in [5.74, 6) is -0.348. The first kappa shape index (κ1) is 12.4. The summed E-state index contributed by atoms with van der Waals surface area (Å²) in [6.45, 7) is 2.72. The molecule has 1 aromatic rings. The molecule has 2 amide bonds. The summed E-state index contributed by atoms with van der Waals surface area (Å²) >= 11 is 0. The second-order valence-corrected chi connectivity index (χ2v) is 4.40. The summed E-state index contributed by atoms with van der Waals surface area (Å²) in [5, 5.41) is 2.72. The van der Waals surface area contributed by atoms with E-state index in [1.165, 1.54) is 0 Å². The van der Waals surface area contributed by atoms with Gasteiger partial charge >= 0.3 is 0 Å². The summed E-state index contributed by atoms with van der Waals surface area (Å²) in [6, 6.07) is 5.10. The van der Waals surface area contributed by atoms with Gasteiger partial charge in [-0.05, 0) is 18.6 Å². The van der Waals surface area contributed by atoms with E-state index in [0.29, 0.717) is 23.5 Å². The van der Waals surface area contributed by atoms with Crippen LogP contribution in [0.1, 0.15) is 30.1 Å². The minimum absolute atomic E-state index is 0.0902. The first-order chi connectivity index (χ1) is 8.63. The molecule has 2 rings (SSSR count). The number of carbonyl (C=O) groups excluding carboxylic acids is 2. The maximum atomic E-state index is 12.4. The van der Waals surface area contributed by atoms with E-state index in [0.717, 1.165) is 12.8 Å². The van der Waals surface area contributed by atoms with Crippen LogP contribution in [0.2, 0.25) is 0 Å². The van der Waals surface area contributed by atoms with Gasteiger partial charge in [0.25, 0.3) is 5.91 Å². The number of carbonyl (C=O) groups is 2. The first-order valence-electron chi connectivity index (χ1n) is 6.11. The predicted octanol–water partition coefficient (Wildman–Crippen LogP) is 1.46. The molecule has 0 saturated heterocycles. The Labute approximate surface area is 106 Å². The first-order valence-corrected chi connectivity index (χ1v) is 6.11. The van der Waals surface area contributed by atoms with Gasteiger partial charge in [0.15, 0.2) is 0 Å². The van der Waals surface area contributed by atoms with E-state index in [4.69, 9.17) is 5.73 Å². The number of benzene rings is 1. The summed E-state index contributed by atoms with van der Waals surface area (Å²) < 4.78 is 0. The Morgan fingerprint density at radius 2 is 2.17 bits per heavy atom. The molecule has 0 bridgehead atoms. The van der Waals surface area contributed by atoms with Crippen molar-refractivity contribution in [3.63, 3.8) is 0 Å². The largest absolute Gasteiger partial charge is 0.398 e. The minimum Gasteiger partial charge on any atom is -0.398 e. The number of nitrogens with zero attached hydrogens (tertiary/aromatic N) is 1. The molecule has 1 aliphatic heterocycles. The standard InChI is InChI=1S/C13H17N3O2/c1-2-3-7-16-8-11(17)15-10-6-4-5-9(14)12(10)13(16)18/h4-6H,2-3,7-8,14H2,1H3,(H,15,17). The number of hydrogen-bond acceptors (Lipinski definition) is 3. The van der Waals surface area contributed by atoms with E-state index in [1.54, 1.807) is 23.1 Å². The number of amides is 2. The average Bonchev–Trinajstić information content (AvgIpc) is 2.45. The summed E-state index contributed by atoms with van der Waals surface area (Å²) in [5.41, 5.74) is 7.15. The number of nitrogen functional groups attached to an aromatic ring is 1. The molecule has 5 nitrogen and oxygen atoms in total. The lowest BCUT2D eigenvalue weighted by molar-refractivity contribution is -0.116. The van der Waals surface area contributed by atoms with Crippen LogP contribution in [0, 0.1) is 0 Å². The van der Waals surface area contributed by atoms with Gasteiger partial charge in [0, 0.05) is 12.2 Å². The summed E-state index contributed by atoms with van der Waals surface area (Å²) in [7, 11) is 0. The van der Waals surface area contributed by atoms with Gasteiger partial charge in [-0.2, -0.15) is 0 Å². The van der Waals surface area contributed by atoms with Crippen molar-refractivity contribution in [1.29, 1.82) is 0 Å². The molecule has 0 aromatic heterocycles. The van der Waals surface area contributed by atoms with Crippen molar-refractivity contribution in [3.8, 4) is 0 Å². The monoisotopic (exact) mass is 247 g/mol. The quantitative estimate of drug-likeness (QED) is 0.794. The molecular weight excluding hydrogens is 230 g/mol. The predicted molar refractivity (Wildman–Crippen MR) is 70.3 cm³/mol. The number of anilines is 2. The molecule has 0 saturated carbocycles. The molecule has 0 spiro atoms. The lowest BCUT2D eigenvalue weighted by Crippen LogP contribution is -2.35. The molecule has 0 atom stereocenters. The maximum Gasteiger partial charge on any atom is 0.258 e. The number of rotatable bonds is 3. The molecule has 0 unspecified atom stereocenters. The van der Waals surface area contributed by atoms with Gasteiger partial charge in [0.2, 0.25) is 5.91 Å². The van der Waals surface area contributed by atoms with Crippen molar-refractivity contribution in [3.05, 3.63) is 23.8 Å². The van der Waals surface area contributed by atoms with Crippen molar-refractivity contribution >= 4 is 23.2 Å². The van der Waals surface area contributed by atoms with Crippen LogP contribution < -0.4 is 11.1 Å². The third-order valence-corrected chi connectivity index (χ3v) is 2.99. The van der Waals surface area contributed by atoms with Crippen LogP contribution in [-0.4, -0.2) is 29.8 Å². The van der Waals surface area contributed by atoms with E-state index >= 15 is 0 Å². The van der Waals surface area contributed by atoms with Gasteiger partial charge in [-0.25, -0.2) is 0 Å². The van der Waals surface area contributed by atoms with Gasteiger partial charge in [-0.3, -0.25) is 9.59 Å². The zero-order chi connectivity index (χ0) is 13.1. The van der Waals surface area contributed by atoms with Crippen molar-refractivity contribution in [2.24, 2.45) is 0 Å². The molecule has 3 N–H and O–H groups in total. The van der Waals surface area contributed by atoms with E-state index in [2.05, 4.69) is 5.32 Å². The highest BCUT2D eigenvalue weighted by Crippen LogP contribution is 2.26. The van der Waals surface area contributed by atoms with Gasteiger partial charge in [-0.1, -0.05) is 19.4 Å². The molecule has 96 valence electrons. The third-order valence-electron chi connectivity index (χ3n) is 2.99. The maximum absolute atomic E-state index is 12.4. The number of unbranched alkanes of at least 4 members (excludes halogenated alkanes) is 1. The number of fused-ring (bicyclic) bond motifs is 1. The smallest absolute Gasteiger partial charge is 0.258 e. The van der Waals surface area contributed by atoms with Crippen LogP contribution in [0.25, 0.3) is 0 Å². The zero-order valence-corrected chi connectivity index (χ0v) is 10.4. The Balaban J connectivity index is 2.38. The van der Waals surface area contributed by atoms with Crippen LogP contribution in [0.4, 0.5) is 11.4 Å². The molecule has 0 fully saturated rings. The molecule has 5 heteroatoms. The second-order valence-electron chi connectivity index (χ2n) is 4.40. The average molecular weight is 247 g/mol. The highest BCUT2D eigenvalue weighted by molar-refractivity contribution is 6.11. The van der Waals surface area contributed by atoms with E-state index in [9.17, 15) is 9.59 Å². The van der Waals surface area contributed by atoms with Gasteiger partial charge < -0.3 is 16.0 Å². The van der Waals surface area contributed by atoms with E-state index < -0.39 is 0 Å². The van der Waals surface area contributed by atoms with Gasteiger partial charge in [0.1, 0.15) is 6.54 Å². The SMILES string of the molecule is CCCCN1CC(=O)Nc2cccc(N)c2C1=O. The molecule has 18 heavy (non-hydrogen) atoms. The summed E-state index contributed by atoms with van der Waals surface area (Å²) in [6.07, 6.45) is 1.85. The highest BCUT2D eigenvalue weighted by atomic mass is 16.2. The fourth-order valence-corrected chi connectivity index (χ4v) is 2.04. The lowest BCUT2D eigenvalue weighted by Gasteiger charge is -2.19. The van der Waals surface area contributed by atoms with Crippen LogP contribution in [0.3, 0.4) is 0 Å². The van der Waals surface area contributed by atoms with Crippen molar-refractivity contribution in [1.82, 2.24) is 4.90 Å². The van der Waals surface area contributed by atoms with Crippen molar-refractivity contribution in [2.45, 2.75) is 19.8 Å². The second kappa shape index (κ2) is 5.08. The normalized spacial score (nSPS) is 15.1. The van der Waals surface area contributed by atoms with Crippen LogP contribution in [0.15, 0.2) is 18.2 Å². The summed E-state index contributed by atoms with van der Waals surface area (Å²) in [4.78, 5) is 25.6. The van der Waals surface area contributed by atoms with E-state index in [-0.39, 0.29) is 18.4 Å². The Bertz CT molecular complexity index is 485. The van der Waals surface area contributed by atoms with Gasteiger partial charge in [-0.15, -0.1) is 0 Å². The van der Waals surface area contributed by atoms with Gasteiger partial charge in [0.05, 0.1) is 11.3 Å². The Morgan fingerprint density at radius 1 is 1.39 bits per heavy atom. The molecule has 1 heterocycles. The minimum atomic E-state index is -0.177. The number of nitrogens with one attached hydrogen (secondary N) is 1. The van der Waals surface area contributed by atoms with E-state index in [1.807, 2.05) is 6.92 Å². The third kappa shape index (κ3) is 2.30. The Morgan fingerprint density at radius 3 is 2.89 bits per heavy atom. The lowest BCUT2D eigenvalue weighted by atomic mass is 10.1. The highest BCUT2D eigenvalue weighted by Gasteiger charge is 2.27. The van der Waals surface area contributed by atoms with Crippen LogP contribution >= 0.6 is 0 Å². The van der Waals surface area contributed by atoms with Crippen LogP contribution in [0.5, 0.6) is 0 Å². The Kier molecular flexibility index (Phi) is 3.50. The zero-order valence-electron chi connectivity index (χ0n) is 10.4. The number of hydrogen-bond donors (Lipinski definition) is 2.